The van der Waals surface area contributed by atoms with E-state index in [1.807, 2.05) is 0 Å². The van der Waals surface area contributed by atoms with Crippen molar-refractivity contribution in [3.05, 3.63) is 23.3 Å². The quantitative estimate of drug-likeness (QED) is 0.121. The predicted octanol–water partition coefficient (Wildman–Crippen LogP) is 8.20. The van der Waals surface area contributed by atoms with Crippen LogP contribution < -0.4 is 0 Å². The van der Waals surface area contributed by atoms with Gasteiger partial charge in [0.15, 0.2) is 0 Å². The van der Waals surface area contributed by atoms with Crippen LogP contribution in [0.1, 0.15) is 119 Å². The first-order valence-electron chi connectivity index (χ1n) is 13.8. The van der Waals surface area contributed by atoms with Gasteiger partial charge in [0.1, 0.15) is 0 Å². The lowest BCUT2D eigenvalue weighted by Gasteiger charge is -2.28. The number of rotatable bonds is 17. The third-order valence-electron chi connectivity index (χ3n) is 6.59. The molecule has 2 unspecified atom stereocenters. The van der Waals surface area contributed by atoms with Crippen LogP contribution in [0, 0.1) is 23.7 Å². The third-order valence-corrected chi connectivity index (χ3v) is 6.59. The number of hydrogen-bond acceptors (Lipinski definition) is 4. The maximum Gasteiger partial charge on any atom is 0.310 e. The van der Waals surface area contributed by atoms with E-state index >= 15 is 0 Å². The highest BCUT2D eigenvalue weighted by molar-refractivity contribution is 5.83. The number of carbonyl (C=O) groups excluding carboxylic acids is 2. The van der Waals surface area contributed by atoms with Crippen molar-refractivity contribution in [2.45, 2.75) is 119 Å². The van der Waals surface area contributed by atoms with Gasteiger partial charge in [-0.1, -0.05) is 89.5 Å². The molecule has 1 aliphatic rings. The summed E-state index contributed by atoms with van der Waals surface area (Å²) in [6.45, 7) is 14.0. The van der Waals surface area contributed by atoms with Crippen LogP contribution in [0.25, 0.3) is 0 Å². The lowest BCUT2D eigenvalue weighted by atomic mass is 9.78. The van der Waals surface area contributed by atoms with Gasteiger partial charge in [-0.15, -0.1) is 0 Å². The summed E-state index contributed by atoms with van der Waals surface area (Å²) in [6, 6.07) is 0. The molecule has 0 fully saturated rings. The minimum Gasteiger partial charge on any atom is -0.465 e. The molecule has 0 saturated heterocycles. The first-order valence-corrected chi connectivity index (χ1v) is 13.8. The maximum atomic E-state index is 13.0. The fourth-order valence-corrected chi connectivity index (χ4v) is 4.45. The molecule has 0 radical (unpaired) electrons. The van der Waals surface area contributed by atoms with Crippen LogP contribution >= 0.6 is 0 Å². The summed E-state index contributed by atoms with van der Waals surface area (Å²) in [6.07, 6.45) is 16.2. The van der Waals surface area contributed by atoms with E-state index in [4.69, 9.17) is 9.47 Å². The fraction of sp³-hybridized carbons (Fsp3) is 0.800. The van der Waals surface area contributed by atoms with Gasteiger partial charge in [-0.2, -0.15) is 0 Å². The molecule has 2 atom stereocenters. The standard InChI is InChI=1S/C30H52O4/c1-23(2)14-9-7-11-20-33-29(31)27-19-18-26(17-13-16-25(5)6)22-28(27)30(32)34-21-12-8-10-15-24(3)4/h16,18,23-24,27-28H,7-15,17,19-22H2,1-6H3. The van der Waals surface area contributed by atoms with Gasteiger partial charge < -0.3 is 9.47 Å². The highest BCUT2D eigenvalue weighted by atomic mass is 16.5. The Morgan fingerprint density at radius 3 is 1.88 bits per heavy atom. The molecule has 0 heterocycles. The normalized spacial score (nSPS) is 18.1. The summed E-state index contributed by atoms with van der Waals surface area (Å²) in [4.78, 5) is 25.9. The topological polar surface area (TPSA) is 52.6 Å². The van der Waals surface area contributed by atoms with E-state index in [0.29, 0.717) is 37.9 Å². The number of allylic oxidation sites excluding steroid dienone is 4. The Bertz CT molecular complexity index is 640. The third kappa shape index (κ3) is 14.0. The molecule has 0 saturated carbocycles. The van der Waals surface area contributed by atoms with Crippen molar-refractivity contribution in [3.8, 4) is 0 Å². The lowest BCUT2D eigenvalue weighted by molar-refractivity contribution is -0.161. The van der Waals surface area contributed by atoms with Crippen LogP contribution in [0.4, 0.5) is 0 Å². The molecule has 4 heteroatoms. The SMILES string of the molecule is CC(C)=CCCC1=CCC(C(=O)OCCCCCC(C)C)C(C(=O)OCCCCCC(C)C)C1. The van der Waals surface area contributed by atoms with Crippen molar-refractivity contribution in [3.63, 3.8) is 0 Å². The van der Waals surface area contributed by atoms with Crippen molar-refractivity contribution in [1.82, 2.24) is 0 Å². The van der Waals surface area contributed by atoms with Gasteiger partial charge in [0.25, 0.3) is 0 Å². The van der Waals surface area contributed by atoms with Crippen molar-refractivity contribution < 1.29 is 19.1 Å². The Morgan fingerprint density at radius 2 is 1.38 bits per heavy atom. The smallest absolute Gasteiger partial charge is 0.310 e. The molecule has 1 aliphatic carbocycles. The van der Waals surface area contributed by atoms with Gasteiger partial charge in [0.2, 0.25) is 0 Å². The van der Waals surface area contributed by atoms with Crippen LogP contribution in [0.2, 0.25) is 0 Å². The van der Waals surface area contributed by atoms with Crippen LogP contribution in [-0.4, -0.2) is 25.2 Å². The van der Waals surface area contributed by atoms with E-state index in [9.17, 15) is 9.59 Å². The zero-order valence-corrected chi connectivity index (χ0v) is 23.0. The molecule has 0 aliphatic heterocycles. The summed E-state index contributed by atoms with van der Waals surface area (Å²) in [5.74, 6) is 0.123. The summed E-state index contributed by atoms with van der Waals surface area (Å²) < 4.78 is 11.3. The lowest BCUT2D eigenvalue weighted by Crippen LogP contribution is -2.35. The number of carbonyl (C=O) groups is 2. The van der Waals surface area contributed by atoms with E-state index in [2.05, 4.69) is 53.7 Å². The molecule has 0 amide bonds. The summed E-state index contributed by atoms with van der Waals surface area (Å²) >= 11 is 0. The zero-order valence-electron chi connectivity index (χ0n) is 23.0. The second-order valence-corrected chi connectivity index (χ2v) is 11.2. The van der Waals surface area contributed by atoms with Gasteiger partial charge >= 0.3 is 11.9 Å². The number of esters is 2. The number of hydrogen-bond donors (Lipinski definition) is 0. The van der Waals surface area contributed by atoms with Crippen molar-refractivity contribution in [2.75, 3.05) is 13.2 Å². The molecule has 34 heavy (non-hydrogen) atoms. The molecule has 4 nitrogen and oxygen atoms in total. The van der Waals surface area contributed by atoms with Crippen molar-refractivity contribution >= 4 is 11.9 Å². The summed E-state index contributed by atoms with van der Waals surface area (Å²) in [5.41, 5.74) is 2.56. The maximum absolute atomic E-state index is 13.0. The molecule has 0 spiro atoms. The molecular formula is C30H52O4. The van der Waals surface area contributed by atoms with Gasteiger partial charge in [-0.3, -0.25) is 9.59 Å². The summed E-state index contributed by atoms with van der Waals surface area (Å²) in [5, 5.41) is 0. The van der Waals surface area contributed by atoms with Crippen LogP contribution in [0.15, 0.2) is 23.3 Å². The Balaban J connectivity index is 2.59. The van der Waals surface area contributed by atoms with E-state index in [1.165, 1.54) is 36.8 Å². The zero-order chi connectivity index (χ0) is 25.3. The van der Waals surface area contributed by atoms with E-state index < -0.39 is 11.8 Å². The van der Waals surface area contributed by atoms with Gasteiger partial charge in [0.05, 0.1) is 25.0 Å². The summed E-state index contributed by atoms with van der Waals surface area (Å²) in [7, 11) is 0. The molecule has 0 aromatic rings. The van der Waals surface area contributed by atoms with Gasteiger partial charge in [0, 0.05) is 0 Å². The Morgan fingerprint density at radius 1 is 0.853 bits per heavy atom. The van der Waals surface area contributed by atoms with Gasteiger partial charge in [-0.05, 0) is 64.2 Å². The highest BCUT2D eigenvalue weighted by Gasteiger charge is 2.38. The molecule has 0 aromatic carbocycles. The Kier molecular flexibility index (Phi) is 15.9. The minimum atomic E-state index is -0.421. The number of ether oxygens (including phenoxy) is 2. The highest BCUT2D eigenvalue weighted by Crippen LogP contribution is 2.34. The van der Waals surface area contributed by atoms with Crippen LogP contribution in [0.5, 0.6) is 0 Å². The molecule has 196 valence electrons. The molecule has 0 N–H and O–H groups in total. The molecule has 0 aromatic heterocycles. The first-order chi connectivity index (χ1) is 16.2. The monoisotopic (exact) mass is 476 g/mol. The second-order valence-electron chi connectivity index (χ2n) is 11.2. The molecule has 1 rings (SSSR count). The van der Waals surface area contributed by atoms with Crippen molar-refractivity contribution in [1.29, 1.82) is 0 Å². The Labute approximate surface area is 209 Å². The van der Waals surface area contributed by atoms with Crippen LogP contribution in [0.3, 0.4) is 0 Å². The molecule has 0 bridgehead atoms. The molecular weight excluding hydrogens is 424 g/mol. The first kappa shape index (κ1) is 30.5. The Hall–Kier alpha value is -1.58. The van der Waals surface area contributed by atoms with E-state index in [-0.39, 0.29) is 11.9 Å². The predicted molar refractivity (Wildman–Crippen MR) is 141 cm³/mol. The van der Waals surface area contributed by atoms with Gasteiger partial charge in [-0.25, -0.2) is 0 Å². The second kappa shape index (κ2) is 17.8. The van der Waals surface area contributed by atoms with E-state index in [1.54, 1.807) is 0 Å². The largest absolute Gasteiger partial charge is 0.465 e. The van der Waals surface area contributed by atoms with E-state index in [0.717, 1.165) is 38.5 Å². The minimum absolute atomic E-state index is 0.226. The average Bonchev–Trinajstić information content (AvgIpc) is 2.77. The fourth-order valence-electron chi connectivity index (χ4n) is 4.45. The van der Waals surface area contributed by atoms with Crippen molar-refractivity contribution in [2.24, 2.45) is 23.7 Å². The van der Waals surface area contributed by atoms with Crippen LogP contribution in [-0.2, 0) is 19.1 Å². The average molecular weight is 477 g/mol. The number of unbranched alkanes of at least 4 members (excludes halogenated alkanes) is 4.